The summed E-state index contributed by atoms with van der Waals surface area (Å²) in [7, 11) is 1.63. The van der Waals surface area contributed by atoms with Crippen molar-refractivity contribution in [1.29, 1.82) is 0 Å². The fourth-order valence-electron chi connectivity index (χ4n) is 3.54. The summed E-state index contributed by atoms with van der Waals surface area (Å²) in [5.74, 6) is 1.08. The van der Waals surface area contributed by atoms with Gasteiger partial charge >= 0.3 is 0 Å². The van der Waals surface area contributed by atoms with Gasteiger partial charge in [-0.15, -0.1) is 11.8 Å². The zero-order valence-electron chi connectivity index (χ0n) is 13.2. The van der Waals surface area contributed by atoms with E-state index in [-0.39, 0.29) is 17.7 Å². The van der Waals surface area contributed by atoms with Gasteiger partial charge in [0.1, 0.15) is 0 Å². The largest absolute Gasteiger partial charge is 0.383 e. The van der Waals surface area contributed by atoms with E-state index in [1.54, 1.807) is 23.8 Å². The molecule has 23 heavy (non-hydrogen) atoms. The quantitative estimate of drug-likeness (QED) is 0.844. The van der Waals surface area contributed by atoms with Gasteiger partial charge in [0.2, 0.25) is 5.91 Å². The van der Waals surface area contributed by atoms with Crippen molar-refractivity contribution in [3.63, 3.8) is 0 Å². The normalized spacial score (nSPS) is 26.2. The summed E-state index contributed by atoms with van der Waals surface area (Å²) >= 11 is 1.60. The summed E-state index contributed by atoms with van der Waals surface area (Å²) in [6.45, 7) is 1.65. The Morgan fingerprint density at radius 2 is 2.17 bits per heavy atom. The van der Waals surface area contributed by atoms with Gasteiger partial charge in [0.05, 0.1) is 12.3 Å². The number of thioether (sulfide) groups is 1. The van der Waals surface area contributed by atoms with Crippen LogP contribution in [0, 0.1) is 5.92 Å². The van der Waals surface area contributed by atoms with Gasteiger partial charge in [0.15, 0.2) is 4.87 Å². The molecule has 0 aromatic heterocycles. The van der Waals surface area contributed by atoms with Crippen LogP contribution in [0.15, 0.2) is 24.3 Å². The van der Waals surface area contributed by atoms with Crippen molar-refractivity contribution in [1.82, 2.24) is 4.90 Å². The number of ether oxygens (including phenoxy) is 1. The molecule has 2 aliphatic heterocycles. The van der Waals surface area contributed by atoms with E-state index < -0.39 is 4.87 Å². The van der Waals surface area contributed by atoms with E-state index in [1.807, 2.05) is 29.2 Å². The molecule has 2 fully saturated rings. The van der Waals surface area contributed by atoms with Gasteiger partial charge in [0.25, 0.3) is 5.91 Å². The lowest BCUT2D eigenvalue weighted by molar-refractivity contribution is -0.141. The second-order valence-electron chi connectivity index (χ2n) is 6.22. The molecule has 2 amide bonds. The first kappa shape index (κ1) is 15.0. The second-order valence-corrected chi connectivity index (χ2v) is 7.51. The summed E-state index contributed by atoms with van der Waals surface area (Å²) in [5.41, 5.74) is 1.87. The number of carbonyl (C=O) groups excluding carboxylic acids is 2. The highest BCUT2D eigenvalue weighted by Gasteiger charge is 2.60. The number of rotatable bonds is 4. The molecule has 2 heterocycles. The molecule has 3 aliphatic rings. The van der Waals surface area contributed by atoms with Crippen LogP contribution in [0.4, 0.5) is 5.69 Å². The molecular weight excluding hydrogens is 312 g/mol. The average Bonchev–Trinajstić information content (AvgIpc) is 3.28. The molecular formula is C17H20N2O3S. The molecule has 1 spiro atoms. The minimum Gasteiger partial charge on any atom is -0.383 e. The Labute approximate surface area is 140 Å². The number of carbonyl (C=O) groups is 2. The Morgan fingerprint density at radius 1 is 1.39 bits per heavy atom. The molecule has 6 heteroatoms. The maximum absolute atomic E-state index is 13.3. The van der Waals surface area contributed by atoms with Crippen LogP contribution in [0.1, 0.15) is 18.4 Å². The Kier molecular flexibility index (Phi) is 3.61. The number of benzene rings is 1. The molecule has 0 N–H and O–H groups in total. The third-order valence-corrected chi connectivity index (χ3v) is 6.23. The van der Waals surface area contributed by atoms with E-state index in [9.17, 15) is 9.59 Å². The van der Waals surface area contributed by atoms with Crippen LogP contribution in [0.2, 0.25) is 0 Å². The lowest BCUT2D eigenvalue weighted by Crippen LogP contribution is -2.51. The topological polar surface area (TPSA) is 49.9 Å². The van der Waals surface area contributed by atoms with Gasteiger partial charge < -0.3 is 14.5 Å². The first-order valence-corrected chi connectivity index (χ1v) is 9.04. The first-order valence-electron chi connectivity index (χ1n) is 8.06. The van der Waals surface area contributed by atoms with Gasteiger partial charge in [-0.1, -0.05) is 18.2 Å². The number of nitrogens with zero attached hydrogens (tertiary/aromatic N) is 2. The van der Waals surface area contributed by atoms with Crippen LogP contribution in [0.25, 0.3) is 0 Å². The molecule has 5 nitrogen and oxygen atoms in total. The van der Waals surface area contributed by atoms with Crippen molar-refractivity contribution in [2.24, 2.45) is 5.92 Å². The smallest absolute Gasteiger partial charge is 0.268 e. The van der Waals surface area contributed by atoms with Crippen molar-refractivity contribution in [3.8, 4) is 0 Å². The Balaban J connectivity index is 1.78. The van der Waals surface area contributed by atoms with Gasteiger partial charge in [-0.25, -0.2) is 0 Å². The SMILES string of the molecule is COCCN1C(=O)C2(SCCN2C(=O)C2CC2)c2ccccc21. The van der Waals surface area contributed by atoms with Gasteiger partial charge in [-0.05, 0) is 18.9 Å². The monoisotopic (exact) mass is 332 g/mol. The number of para-hydroxylation sites is 1. The molecule has 0 radical (unpaired) electrons. The molecule has 1 aromatic rings. The highest BCUT2D eigenvalue weighted by atomic mass is 32.2. The van der Waals surface area contributed by atoms with Crippen molar-refractivity contribution in [3.05, 3.63) is 29.8 Å². The Morgan fingerprint density at radius 3 is 2.91 bits per heavy atom. The van der Waals surface area contributed by atoms with Crippen LogP contribution >= 0.6 is 11.8 Å². The van der Waals surface area contributed by atoms with Gasteiger partial charge in [0, 0.05) is 37.4 Å². The molecule has 1 aliphatic carbocycles. The molecule has 1 saturated carbocycles. The van der Waals surface area contributed by atoms with Crippen LogP contribution < -0.4 is 4.90 Å². The lowest BCUT2D eigenvalue weighted by Gasteiger charge is -2.33. The summed E-state index contributed by atoms with van der Waals surface area (Å²) < 4.78 is 5.16. The summed E-state index contributed by atoms with van der Waals surface area (Å²) in [4.78, 5) is 28.8. The third-order valence-electron chi connectivity index (χ3n) is 4.81. The molecule has 1 saturated heterocycles. The molecule has 4 rings (SSSR count). The van der Waals surface area contributed by atoms with Crippen LogP contribution in [-0.2, 0) is 19.2 Å². The number of amides is 2. The number of fused-ring (bicyclic) bond motifs is 2. The number of hydrogen-bond donors (Lipinski definition) is 0. The van der Waals surface area contributed by atoms with E-state index in [0.29, 0.717) is 19.7 Å². The van der Waals surface area contributed by atoms with Crippen LogP contribution in [0.5, 0.6) is 0 Å². The fourth-order valence-corrected chi connectivity index (χ4v) is 5.01. The van der Waals surface area contributed by atoms with Crippen LogP contribution in [-0.4, -0.2) is 49.3 Å². The van der Waals surface area contributed by atoms with Gasteiger partial charge in [-0.3, -0.25) is 9.59 Å². The number of anilines is 1. The van der Waals surface area contributed by atoms with Crippen molar-refractivity contribution in [2.45, 2.75) is 17.7 Å². The molecule has 122 valence electrons. The van der Waals surface area contributed by atoms with E-state index in [2.05, 4.69) is 0 Å². The van der Waals surface area contributed by atoms with E-state index in [4.69, 9.17) is 4.74 Å². The van der Waals surface area contributed by atoms with Crippen molar-refractivity contribution < 1.29 is 14.3 Å². The average molecular weight is 332 g/mol. The van der Waals surface area contributed by atoms with E-state index >= 15 is 0 Å². The second kappa shape index (κ2) is 5.53. The van der Waals surface area contributed by atoms with Crippen molar-refractivity contribution in [2.75, 3.05) is 37.5 Å². The Bertz CT molecular complexity index is 661. The third kappa shape index (κ3) is 2.11. The zero-order chi connectivity index (χ0) is 16.0. The maximum Gasteiger partial charge on any atom is 0.268 e. The summed E-state index contributed by atoms with van der Waals surface area (Å²) in [5, 5.41) is 0. The minimum atomic E-state index is -0.857. The van der Waals surface area contributed by atoms with E-state index in [0.717, 1.165) is 29.8 Å². The first-order chi connectivity index (χ1) is 11.2. The highest BCUT2D eigenvalue weighted by Crippen LogP contribution is 2.55. The number of hydrogen-bond acceptors (Lipinski definition) is 4. The van der Waals surface area contributed by atoms with Crippen molar-refractivity contribution >= 4 is 29.3 Å². The van der Waals surface area contributed by atoms with Crippen LogP contribution in [0.3, 0.4) is 0 Å². The maximum atomic E-state index is 13.3. The minimum absolute atomic E-state index is 0.00671. The molecule has 1 unspecified atom stereocenters. The Hall–Kier alpha value is -1.53. The fraction of sp³-hybridized carbons (Fsp3) is 0.529. The predicted molar refractivity (Wildman–Crippen MR) is 89.2 cm³/mol. The highest BCUT2D eigenvalue weighted by molar-refractivity contribution is 8.01. The standard InChI is InChI=1S/C17H20N2O3S/c1-22-10-8-18-14-5-3-2-4-13(14)17(16(18)21)19(9-11-23-17)15(20)12-6-7-12/h2-5,12H,6-11H2,1H3. The zero-order valence-corrected chi connectivity index (χ0v) is 14.0. The molecule has 1 atom stereocenters. The molecule has 1 aromatic carbocycles. The van der Waals surface area contributed by atoms with Gasteiger partial charge in [-0.2, -0.15) is 0 Å². The van der Waals surface area contributed by atoms with E-state index in [1.165, 1.54) is 0 Å². The summed E-state index contributed by atoms with van der Waals surface area (Å²) in [6, 6.07) is 7.85. The number of methoxy groups -OCH3 is 1. The lowest BCUT2D eigenvalue weighted by atomic mass is 10.1. The predicted octanol–water partition coefficient (Wildman–Crippen LogP) is 1.82. The summed E-state index contributed by atoms with van der Waals surface area (Å²) in [6.07, 6.45) is 1.92. The molecule has 0 bridgehead atoms.